The van der Waals surface area contributed by atoms with Gasteiger partial charge in [0.2, 0.25) is 0 Å². The van der Waals surface area contributed by atoms with Crippen LogP contribution in [0.2, 0.25) is 0 Å². The maximum Gasteiger partial charge on any atom is 0.314 e. The molecule has 5 nitrogen and oxygen atoms in total. The Kier molecular flexibility index (Phi) is 8.74. The van der Waals surface area contributed by atoms with Crippen molar-refractivity contribution in [1.29, 1.82) is 0 Å². The second-order valence-corrected chi connectivity index (χ2v) is 7.63. The number of nitrogens with zero attached hydrogens (tertiary/aromatic N) is 1. The van der Waals surface area contributed by atoms with Crippen LogP contribution in [0.5, 0.6) is 0 Å². The van der Waals surface area contributed by atoms with E-state index >= 15 is 0 Å². The van der Waals surface area contributed by atoms with Crippen LogP contribution in [0.1, 0.15) is 43.9 Å². The predicted octanol–water partition coefficient (Wildman–Crippen LogP) is 4.41. The van der Waals surface area contributed by atoms with Gasteiger partial charge in [-0.05, 0) is 60.9 Å². The summed E-state index contributed by atoms with van der Waals surface area (Å²) in [7, 11) is 0. The Bertz CT molecular complexity index is 814. The van der Waals surface area contributed by atoms with Crippen LogP contribution in [0, 0.1) is 11.8 Å². The molecular formula is C24H29NO4. The van der Waals surface area contributed by atoms with Gasteiger partial charge >= 0.3 is 5.97 Å². The molecule has 1 N–H and O–H groups in total. The van der Waals surface area contributed by atoms with Crippen LogP contribution in [0.15, 0.2) is 54.4 Å². The molecule has 0 aliphatic heterocycles. The lowest BCUT2D eigenvalue weighted by molar-refractivity contribution is -0.146. The smallest absolute Gasteiger partial charge is 0.314 e. The van der Waals surface area contributed by atoms with E-state index in [1.807, 2.05) is 26.1 Å². The summed E-state index contributed by atoms with van der Waals surface area (Å²) in [4.78, 5) is 26.7. The molecule has 2 aromatic rings. The van der Waals surface area contributed by atoms with E-state index in [9.17, 15) is 9.59 Å². The maximum atomic E-state index is 11.4. The molecule has 29 heavy (non-hydrogen) atoms. The predicted molar refractivity (Wildman–Crippen MR) is 114 cm³/mol. The summed E-state index contributed by atoms with van der Waals surface area (Å²) in [5, 5.41) is 9.10. The number of hydrogen-bond donors (Lipinski definition) is 1. The Morgan fingerprint density at radius 2 is 1.86 bits per heavy atom. The number of carbonyl (C=O) groups is 2. The molecular weight excluding hydrogens is 366 g/mol. The molecule has 0 amide bonds. The van der Waals surface area contributed by atoms with Crippen molar-refractivity contribution in [3.63, 3.8) is 0 Å². The third-order valence-corrected chi connectivity index (χ3v) is 4.68. The van der Waals surface area contributed by atoms with Crippen molar-refractivity contribution in [3.05, 3.63) is 71.1 Å². The highest BCUT2D eigenvalue weighted by Crippen LogP contribution is 2.16. The van der Waals surface area contributed by atoms with Crippen molar-refractivity contribution in [3.8, 4) is 0 Å². The summed E-state index contributed by atoms with van der Waals surface area (Å²) in [5.74, 6) is -2.32. The number of aliphatic carboxylic acids is 1. The summed E-state index contributed by atoms with van der Waals surface area (Å²) in [6, 6.07) is 12.4. The largest absolute Gasteiger partial charge is 0.481 e. The van der Waals surface area contributed by atoms with Crippen molar-refractivity contribution in [2.24, 2.45) is 11.8 Å². The van der Waals surface area contributed by atoms with Crippen LogP contribution in [0.25, 0.3) is 6.08 Å². The molecule has 1 aromatic carbocycles. The summed E-state index contributed by atoms with van der Waals surface area (Å²) in [5.41, 5.74) is 4.61. The van der Waals surface area contributed by atoms with Crippen molar-refractivity contribution < 1.29 is 19.4 Å². The number of ketones is 1. The molecule has 0 saturated carbocycles. The highest BCUT2D eigenvalue weighted by Gasteiger charge is 2.24. The van der Waals surface area contributed by atoms with E-state index in [1.165, 1.54) is 18.1 Å². The highest BCUT2D eigenvalue weighted by atomic mass is 16.5. The molecule has 1 aromatic heterocycles. The van der Waals surface area contributed by atoms with E-state index in [-0.39, 0.29) is 11.7 Å². The van der Waals surface area contributed by atoms with Crippen LogP contribution in [-0.4, -0.2) is 35.1 Å². The number of hydrogen-bond acceptors (Lipinski definition) is 4. The molecule has 1 heterocycles. The van der Waals surface area contributed by atoms with Gasteiger partial charge < -0.3 is 9.84 Å². The molecule has 5 heteroatoms. The second-order valence-electron chi connectivity index (χ2n) is 7.63. The molecule has 154 valence electrons. The molecule has 0 saturated heterocycles. The Hall–Kier alpha value is -2.79. The average molecular weight is 395 g/mol. The van der Waals surface area contributed by atoms with Crippen LogP contribution in [0.3, 0.4) is 0 Å². The minimum Gasteiger partial charge on any atom is -0.481 e. The number of aromatic nitrogens is 1. The monoisotopic (exact) mass is 395 g/mol. The van der Waals surface area contributed by atoms with Gasteiger partial charge in [0.25, 0.3) is 0 Å². The van der Waals surface area contributed by atoms with E-state index < -0.39 is 11.9 Å². The summed E-state index contributed by atoms with van der Waals surface area (Å²) >= 11 is 0. The highest BCUT2D eigenvalue weighted by molar-refractivity contribution is 5.96. The fourth-order valence-corrected chi connectivity index (χ4v) is 3.13. The molecule has 2 atom stereocenters. The fourth-order valence-electron chi connectivity index (χ4n) is 3.13. The topological polar surface area (TPSA) is 76.5 Å². The molecule has 0 bridgehead atoms. The quantitative estimate of drug-likeness (QED) is 0.571. The fraction of sp³-hybridized carbons (Fsp3) is 0.375. The SMILES string of the molecule is CC(=O)C(CC(C)COCC(C)=Cc1ccc(Cc2cccnc2)cc1)C(=O)O. The van der Waals surface area contributed by atoms with Gasteiger partial charge in [-0.15, -0.1) is 0 Å². The van der Waals surface area contributed by atoms with Crippen molar-refractivity contribution in [2.45, 2.75) is 33.6 Å². The number of carboxylic acids is 1. The molecule has 0 aliphatic rings. The Morgan fingerprint density at radius 3 is 2.45 bits per heavy atom. The molecule has 0 radical (unpaired) electrons. The number of carboxylic acid groups (broad SMARTS) is 1. The van der Waals surface area contributed by atoms with E-state index in [1.54, 1.807) is 6.20 Å². The second kappa shape index (κ2) is 11.3. The third-order valence-electron chi connectivity index (χ3n) is 4.68. The number of ether oxygens (including phenoxy) is 1. The van der Waals surface area contributed by atoms with E-state index in [2.05, 4.69) is 41.4 Å². The zero-order valence-electron chi connectivity index (χ0n) is 17.3. The molecule has 0 fully saturated rings. The van der Waals surface area contributed by atoms with Crippen molar-refractivity contribution in [1.82, 2.24) is 4.98 Å². The van der Waals surface area contributed by atoms with Gasteiger partial charge in [0.15, 0.2) is 0 Å². The lowest BCUT2D eigenvalue weighted by Crippen LogP contribution is -2.25. The first kappa shape index (κ1) is 22.5. The summed E-state index contributed by atoms with van der Waals surface area (Å²) in [6.07, 6.45) is 6.89. The lowest BCUT2D eigenvalue weighted by atomic mass is 9.93. The molecule has 0 aliphatic carbocycles. The van der Waals surface area contributed by atoms with Gasteiger partial charge in [-0.25, -0.2) is 0 Å². The van der Waals surface area contributed by atoms with Crippen LogP contribution < -0.4 is 0 Å². The number of carbonyl (C=O) groups excluding carboxylic acids is 1. The Morgan fingerprint density at radius 1 is 1.14 bits per heavy atom. The average Bonchev–Trinajstić information content (AvgIpc) is 2.68. The van der Waals surface area contributed by atoms with Crippen LogP contribution >= 0.6 is 0 Å². The lowest BCUT2D eigenvalue weighted by Gasteiger charge is -2.16. The minimum atomic E-state index is -1.06. The first-order valence-electron chi connectivity index (χ1n) is 9.81. The minimum absolute atomic E-state index is 0.000408. The number of pyridine rings is 1. The number of rotatable bonds is 11. The van der Waals surface area contributed by atoms with Gasteiger partial charge in [-0.3, -0.25) is 14.6 Å². The van der Waals surface area contributed by atoms with Crippen molar-refractivity contribution in [2.75, 3.05) is 13.2 Å². The van der Waals surface area contributed by atoms with Gasteiger partial charge in [0.1, 0.15) is 11.7 Å². The van der Waals surface area contributed by atoms with Gasteiger partial charge in [0, 0.05) is 19.0 Å². The maximum absolute atomic E-state index is 11.4. The first-order chi connectivity index (χ1) is 13.8. The van der Waals surface area contributed by atoms with Crippen LogP contribution in [-0.2, 0) is 20.7 Å². The van der Waals surface area contributed by atoms with E-state index in [4.69, 9.17) is 9.84 Å². The first-order valence-corrected chi connectivity index (χ1v) is 9.81. The van der Waals surface area contributed by atoms with Crippen molar-refractivity contribution >= 4 is 17.8 Å². The molecule has 2 rings (SSSR count). The molecule has 2 unspecified atom stereocenters. The van der Waals surface area contributed by atoms with E-state index in [0.717, 1.165) is 17.6 Å². The summed E-state index contributed by atoms with van der Waals surface area (Å²) in [6.45, 7) is 6.12. The Labute approximate surface area is 172 Å². The summed E-state index contributed by atoms with van der Waals surface area (Å²) < 4.78 is 5.71. The standard InChI is InChI=1S/C24H29NO4/c1-17(15-29-16-18(2)12-23(19(3)26)24(27)28)11-20-6-8-21(9-7-20)13-22-5-4-10-25-14-22/h4-11,14,18,23H,12-13,15-16H2,1-3H3,(H,27,28). The zero-order valence-corrected chi connectivity index (χ0v) is 17.3. The van der Waals surface area contributed by atoms with Gasteiger partial charge in [0.05, 0.1) is 6.61 Å². The third kappa shape index (κ3) is 8.00. The number of Topliss-reactive ketones (excluding diaryl/α,β-unsaturated/α-hetero) is 1. The van der Waals surface area contributed by atoms with E-state index in [0.29, 0.717) is 19.6 Å². The zero-order chi connectivity index (χ0) is 21.2. The van der Waals surface area contributed by atoms with Gasteiger partial charge in [-0.2, -0.15) is 0 Å². The Balaban J connectivity index is 1.80. The molecule has 0 spiro atoms. The van der Waals surface area contributed by atoms with Crippen LogP contribution in [0.4, 0.5) is 0 Å². The normalized spacial score (nSPS) is 13.7. The number of benzene rings is 1. The van der Waals surface area contributed by atoms with Gasteiger partial charge in [-0.1, -0.05) is 43.3 Å².